The van der Waals surface area contributed by atoms with Gasteiger partial charge in [0.2, 0.25) is 0 Å². The van der Waals surface area contributed by atoms with Crippen molar-refractivity contribution >= 4 is 22.8 Å². The maximum absolute atomic E-state index is 13.4. The number of aliphatic carboxylic acids is 1. The summed E-state index contributed by atoms with van der Waals surface area (Å²) in [4.78, 5) is 25.7. The van der Waals surface area contributed by atoms with Crippen molar-refractivity contribution in [3.63, 3.8) is 0 Å². The first kappa shape index (κ1) is 21.8. The number of nitrogens with zero attached hydrogens (tertiary/aromatic N) is 1. The zero-order valence-corrected chi connectivity index (χ0v) is 17.7. The number of carboxylic acids is 1. The smallest absolute Gasteiger partial charge is 0.387 e. The average Bonchev–Trinajstić information content (AvgIpc) is 3.00. The predicted octanol–water partition coefficient (Wildman–Crippen LogP) is 5.22. The molecule has 32 heavy (non-hydrogen) atoms. The van der Waals surface area contributed by atoms with Crippen LogP contribution in [0.25, 0.3) is 10.9 Å². The van der Waals surface area contributed by atoms with Gasteiger partial charge >= 0.3 is 12.6 Å². The molecule has 4 rings (SSSR count). The summed E-state index contributed by atoms with van der Waals surface area (Å²) in [6, 6.07) is 10.6. The number of carbonyl (C=O) groups excluding carboxylic acids is 1. The Morgan fingerprint density at radius 3 is 2.28 bits per heavy atom. The topological polar surface area (TPSA) is 77.8 Å². The van der Waals surface area contributed by atoms with Gasteiger partial charge in [-0.3, -0.25) is 14.2 Å². The summed E-state index contributed by atoms with van der Waals surface area (Å²) in [6.07, 6.45) is 2.64. The Bertz CT molecular complexity index is 1170. The minimum absolute atomic E-state index is 0.0114. The Labute approximate surface area is 183 Å². The minimum atomic E-state index is -2.95. The van der Waals surface area contributed by atoms with E-state index in [1.807, 2.05) is 0 Å². The van der Waals surface area contributed by atoms with E-state index in [2.05, 4.69) is 4.74 Å². The first-order valence-electron chi connectivity index (χ1n) is 10.3. The molecular weight excluding hydrogens is 420 g/mol. The molecule has 1 atom stereocenters. The number of ether oxygens (including phenoxy) is 2. The summed E-state index contributed by atoms with van der Waals surface area (Å²) < 4.78 is 36.0. The average molecular weight is 443 g/mol. The zero-order chi connectivity index (χ0) is 23.0. The fourth-order valence-corrected chi connectivity index (χ4v) is 4.45. The van der Waals surface area contributed by atoms with Crippen LogP contribution in [-0.2, 0) is 4.79 Å². The molecule has 1 heterocycles. The van der Waals surface area contributed by atoms with Crippen LogP contribution in [0.4, 0.5) is 8.78 Å². The number of carboxylic acid groups (broad SMARTS) is 1. The molecule has 0 bridgehead atoms. The molecule has 0 radical (unpaired) electrons. The molecule has 3 aromatic rings. The second-order valence-corrected chi connectivity index (χ2v) is 7.93. The third-order valence-electron chi connectivity index (χ3n) is 6.19. The van der Waals surface area contributed by atoms with E-state index in [9.17, 15) is 23.5 Å². The molecule has 1 unspecified atom stereocenters. The molecule has 8 heteroatoms. The molecule has 2 aromatic carbocycles. The Balaban J connectivity index is 1.85. The standard InChI is InChI=1S/C24H23F2NO5/c1-13-20(21(23(29)30)14-4-3-5-14)18-12-17(31-2)10-11-19(18)27(13)22(28)15-6-8-16(9-7-15)32-24(25)26/h6-12,14,21,24H,3-5H2,1-2H3,(H,29,30). The molecule has 1 aliphatic carbocycles. The van der Waals surface area contributed by atoms with Crippen LogP contribution in [0, 0.1) is 12.8 Å². The summed E-state index contributed by atoms with van der Waals surface area (Å²) in [6.45, 7) is -1.22. The Hall–Kier alpha value is -3.42. The van der Waals surface area contributed by atoms with Gasteiger partial charge in [0, 0.05) is 16.6 Å². The Morgan fingerprint density at radius 1 is 1.09 bits per heavy atom. The molecule has 168 valence electrons. The van der Waals surface area contributed by atoms with Crippen molar-refractivity contribution in [2.45, 2.75) is 38.7 Å². The molecule has 0 spiro atoms. The molecule has 0 aliphatic heterocycles. The first-order chi connectivity index (χ1) is 15.3. The van der Waals surface area contributed by atoms with Gasteiger partial charge in [0.15, 0.2) is 0 Å². The Kier molecular flexibility index (Phi) is 5.86. The van der Waals surface area contributed by atoms with E-state index in [4.69, 9.17) is 4.74 Å². The highest BCUT2D eigenvalue weighted by Crippen LogP contribution is 2.44. The van der Waals surface area contributed by atoms with Gasteiger partial charge in [-0.15, -0.1) is 0 Å². The third-order valence-corrected chi connectivity index (χ3v) is 6.19. The monoisotopic (exact) mass is 443 g/mol. The van der Waals surface area contributed by atoms with Crippen LogP contribution in [0.3, 0.4) is 0 Å². The lowest BCUT2D eigenvalue weighted by molar-refractivity contribution is -0.141. The van der Waals surface area contributed by atoms with Crippen LogP contribution in [0.5, 0.6) is 11.5 Å². The van der Waals surface area contributed by atoms with E-state index in [0.29, 0.717) is 27.9 Å². The molecule has 1 aliphatic rings. The molecular formula is C24H23F2NO5. The number of rotatable bonds is 7. The van der Waals surface area contributed by atoms with Crippen LogP contribution in [0.1, 0.15) is 46.8 Å². The zero-order valence-electron chi connectivity index (χ0n) is 17.7. The highest BCUT2D eigenvalue weighted by atomic mass is 19.3. The number of aromatic nitrogens is 1. The first-order valence-corrected chi connectivity index (χ1v) is 10.3. The van der Waals surface area contributed by atoms with Crippen LogP contribution < -0.4 is 9.47 Å². The number of carbonyl (C=O) groups is 2. The lowest BCUT2D eigenvalue weighted by Gasteiger charge is -2.31. The van der Waals surface area contributed by atoms with Crippen molar-refractivity contribution in [1.82, 2.24) is 4.57 Å². The van der Waals surface area contributed by atoms with Crippen LogP contribution >= 0.6 is 0 Å². The van der Waals surface area contributed by atoms with E-state index in [1.165, 1.54) is 35.9 Å². The third kappa shape index (κ3) is 3.81. The summed E-state index contributed by atoms with van der Waals surface area (Å²) in [5, 5.41) is 10.7. The minimum Gasteiger partial charge on any atom is -0.497 e. The van der Waals surface area contributed by atoms with Crippen molar-refractivity contribution in [1.29, 1.82) is 0 Å². The van der Waals surface area contributed by atoms with Crippen molar-refractivity contribution in [3.8, 4) is 11.5 Å². The van der Waals surface area contributed by atoms with Crippen LogP contribution in [-0.4, -0.2) is 35.3 Å². The molecule has 1 fully saturated rings. The normalized spacial score (nSPS) is 14.9. The van der Waals surface area contributed by atoms with Gasteiger partial charge < -0.3 is 14.6 Å². The van der Waals surface area contributed by atoms with Crippen molar-refractivity contribution in [2.24, 2.45) is 5.92 Å². The maximum atomic E-state index is 13.4. The van der Waals surface area contributed by atoms with E-state index in [-0.39, 0.29) is 23.1 Å². The van der Waals surface area contributed by atoms with Crippen LogP contribution in [0.15, 0.2) is 42.5 Å². The van der Waals surface area contributed by atoms with Gasteiger partial charge in [0.05, 0.1) is 18.5 Å². The summed E-state index contributed by atoms with van der Waals surface area (Å²) in [5.74, 6) is -1.50. The second kappa shape index (κ2) is 8.61. The lowest BCUT2D eigenvalue weighted by Crippen LogP contribution is -2.27. The molecule has 1 saturated carbocycles. The largest absolute Gasteiger partial charge is 0.497 e. The molecule has 1 aromatic heterocycles. The van der Waals surface area contributed by atoms with Crippen molar-refractivity contribution in [2.75, 3.05) is 7.11 Å². The molecule has 0 amide bonds. The SMILES string of the molecule is COc1ccc2c(c1)c(C(C(=O)O)C1CCC1)c(C)n2C(=O)c1ccc(OC(F)F)cc1. The predicted molar refractivity (Wildman–Crippen MR) is 114 cm³/mol. The maximum Gasteiger partial charge on any atom is 0.387 e. The van der Waals surface area contributed by atoms with E-state index >= 15 is 0 Å². The fraction of sp³-hybridized carbons (Fsp3) is 0.333. The van der Waals surface area contributed by atoms with E-state index in [0.717, 1.165) is 19.3 Å². The number of halogens is 2. The van der Waals surface area contributed by atoms with E-state index < -0.39 is 18.5 Å². The van der Waals surface area contributed by atoms with Crippen LogP contribution in [0.2, 0.25) is 0 Å². The number of methoxy groups -OCH3 is 1. The Morgan fingerprint density at radius 2 is 1.75 bits per heavy atom. The molecule has 1 N–H and O–H groups in total. The number of fused-ring (bicyclic) bond motifs is 1. The molecule has 0 saturated heterocycles. The van der Waals surface area contributed by atoms with Crippen molar-refractivity contribution in [3.05, 3.63) is 59.3 Å². The van der Waals surface area contributed by atoms with E-state index in [1.54, 1.807) is 25.1 Å². The number of hydrogen-bond donors (Lipinski definition) is 1. The molecule has 6 nitrogen and oxygen atoms in total. The van der Waals surface area contributed by atoms with Gasteiger partial charge in [0.1, 0.15) is 11.5 Å². The number of alkyl halides is 2. The van der Waals surface area contributed by atoms with Gasteiger partial charge in [-0.1, -0.05) is 6.42 Å². The highest BCUT2D eigenvalue weighted by Gasteiger charge is 2.38. The van der Waals surface area contributed by atoms with Crippen molar-refractivity contribution < 1.29 is 33.0 Å². The summed E-state index contributed by atoms with van der Waals surface area (Å²) >= 11 is 0. The lowest BCUT2D eigenvalue weighted by atomic mass is 9.72. The quantitative estimate of drug-likeness (QED) is 0.542. The summed E-state index contributed by atoms with van der Waals surface area (Å²) in [5.41, 5.74) is 2.00. The van der Waals surface area contributed by atoms with Gasteiger partial charge in [-0.2, -0.15) is 8.78 Å². The number of benzene rings is 2. The van der Waals surface area contributed by atoms with Gasteiger partial charge in [0.25, 0.3) is 5.91 Å². The summed E-state index contributed by atoms with van der Waals surface area (Å²) in [7, 11) is 1.53. The highest BCUT2D eigenvalue weighted by molar-refractivity contribution is 6.05. The van der Waals surface area contributed by atoms with Gasteiger partial charge in [-0.25, -0.2) is 0 Å². The fourth-order valence-electron chi connectivity index (χ4n) is 4.45. The second-order valence-electron chi connectivity index (χ2n) is 7.93. The number of hydrogen-bond acceptors (Lipinski definition) is 4. The van der Waals surface area contributed by atoms with Gasteiger partial charge in [-0.05, 0) is 73.7 Å².